The third-order valence-corrected chi connectivity index (χ3v) is 7.73. The van der Waals surface area contributed by atoms with Gasteiger partial charge in [-0.1, -0.05) is 168 Å². The Balaban J connectivity index is 0. The molecule has 37 heavy (non-hydrogen) atoms. The maximum atomic E-state index is 11.7. The van der Waals surface area contributed by atoms with E-state index in [0.717, 1.165) is 19.4 Å². The minimum Gasteiger partial charge on any atom is -0.786 e. The Labute approximate surface area is 235 Å². The highest BCUT2D eigenvalue weighted by Crippen LogP contribution is 2.28. The first kappa shape index (κ1) is 39.4. The summed E-state index contributed by atoms with van der Waals surface area (Å²) in [4.78, 5) is 11.7. The second-order valence-corrected chi connectivity index (χ2v) is 11.8. The molecule has 0 aliphatic carbocycles. The van der Waals surface area contributed by atoms with Gasteiger partial charge in [0.25, 0.3) is 0 Å². The molecule has 0 spiro atoms. The first-order valence-electron chi connectivity index (χ1n) is 16.7. The van der Waals surface area contributed by atoms with Crippen molar-refractivity contribution >= 4 is 8.60 Å². The molecule has 0 atom stereocenters. The Hall–Kier alpha value is 0.270. The summed E-state index contributed by atoms with van der Waals surface area (Å²) < 4.78 is 10.6. The minimum absolute atomic E-state index is 0.573. The fourth-order valence-electron chi connectivity index (χ4n) is 4.42. The van der Waals surface area contributed by atoms with Gasteiger partial charge < -0.3 is 19.7 Å². The quantitative estimate of drug-likeness (QED) is 0.0718. The largest absolute Gasteiger partial charge is 0.786 e. The maximum Gasteiger partial charge on any atom is 0.0828 e. The van der Waals surface area contributed by atoms with E-state index in [-0.39, 0.29) is 0 Å². The van der Waals surface area contributed by atoms with Crippen molar-refractivity contribution in [3.8, 4) is 0 Å². The predicted octanol–water partition coefficient (Wildman–Crippen LogP) is 10.8. The van der Waals surface area contributed by atoms with Gasteiger partial charge in [-0.05, 0) is 25.8 Å². The highest BCUT2D eigenvalue weighted by molar-refractivity contribution is 7.39. The van der Waals surface area contributed by atoms with Crippen molar-refractivity contribution in [2.45, 2.75) is 188 Å². The van der Waals surface area contributed by atoms with Crippen LogP contribution in [0, 0.1) is 0 Å². The second kappa shape index (κ2) is 38.4. The van der Waals surface area contributed by atoms with E-state index in [1.54, 1.807) is 0 Å². The summed E-state index contributed by atoms with van der Waals surface area (Å²) >= 11 is 0. The predicted molar refractivity (Wildman–Crippen MR) is 165 cm³/mol. The van der Waals surface area contributed by atoms with Gasteiger partial charge in [-0.2, -0.15) is 0 Å². The zero-order valence-electron chi connectivity index (χ0n) is 25.8. The number of hydrogen-bond donors (Lipinski definition) is 1. The molecule has 0 amide bonds. The van der Waals surface area contributed by atoms with E-state index < -0.39 is 8.60 Å². The Morgan fingerprint density at radius 3 is 0.919 bits per heavy atom. The van der Waals surface area contributed by atoms with Crippen molar-refractivity contribution in [1.29, 1.82) is 0 Å². The van der Waals surface area contributed by atoms with Crippen LogP contribution in [0.2, 0.25) is 0 Å². The highest BCUT2D eigenvalue weighted by atomic mass is 31.2. The summed E-state index contributed by atoms with van der Waals surface area (Å²) in [5.74, 6) is 0. The van der Waals surface area contributed by atoms with Crippen molar-refractivity contribution < 1.29 is 13.9 Å². The molecule has 0 unspecified atom stereocenters. The average Bonchev–Trinajstić information content (AvgIpc) is 2.90. The van der Waals surface area contributed by atoms with Gasteiger partial charge in [-0.15, -0.1) is 0 Å². The summed E-state index contributed by atoms with van der Waals surface area (Å²) in [5.41, 5.74) is 5.34. The van der Waals surface area contributed by atoms with Crippen LogP contribution in [-0.4, -0.2) is 19.8 Å². The fourth-order valence-corrected chi connectivity index (χ4v) is 5.05. The van der Waals surface area contributed by atoms with Crippen LogP contribution in [0.15, 0.2) is 0 Å². The average molecular weight is 547 g/mol. The lowest BCUT2D eigenvalue weighted by molar-refractivity contribution is -0.204. The van der Waals surface area contributed by atoms with Crippen molar-refractivity contribution in [3.63, 3.8) is 0 Å². The van der Waals surface area contributed by atoms with Gasteiger partial charge in [0, 0.05) is 0 Å². The summed E-state index contributed by atoms with van der Waals surface area (Å²) in [7, 11) is -1.90. The van der Waals surface area contributed by atoms with Crippen LogP contribution in [-0.2, 0) is 9.05 Å². The second-order valence-electron chi connectivity index (χ2n) is 10.8. The van der Waals surface area contributed by atoms with Gasteiger partial charge in [0.15, 0.2) is 0 Å². The van der Waals surface area contributed by atoms with Crippen molar-refractivity contribution in [2.24, 2.45) is 5.73 Å². The SMILES string of the molecule is CCCCCCCCCCCCOP([O-])OCCCCCCCCCCCC.CCCCCCCCN. The normalized spacial score (nSPS) is 11.2. The van der Waals surface area contributed by atoms with Gasteiger partial charge in [-0.3, -0.25) is 0 Å². The van der Waals surface area contributed by atoms with Crippen LogP contribution in [0.5, 0.6) is 0 Å². The Morgan fingerprint density at radius 1 is 0.405 bits per heavy atom. The molecule has 0 aliphatic rings. The molecule has 0 aromatic rings. The first-order valence-corrected chi connectivity index (χ1v) is 17.8. The van der Waals surface area contributed by atoms with E-state index in [1.165, 1.54) is 154 Å². The van der Waals surface area contributed by atoms with E-state index in [9.17, 15) is 4.89 Å². The van der Waals surface area contributed by atoms with E-state index in [0.29, 0.717) is 13.2 Å². The molecule has 4 nitrogen and oxygen atoms in total. The third kappa shape index (κ3) is 40.9. The Kier molecular flexibility index (Phi) is 40.9. The lowest BCUT2D eigenvalue weighted by Crippen LogP contribution is -2.05. The third-order valence-electron chi connectivity index (χ3n) is 6.95. The lowest BCUT2D eigenvalue weighted by Gasteiger charge is -2.22. The maximum absolute atomic E-state index is 11.7. The van der Waals surface area contributed by atoms with Crippen LogP contribution in [0.3, 0.4) is 0 Å². The summed E-state index contributed by atoms with van der Waals surface area (Å²) in [6.07, 6.45) is 34.1. The monoisotopic (exact) mass is 547 g/mol. The fraction of sp³-hybridized carbons (Fsp3) is 1.00. The summed E-state index contributed by atoms with van der Waals surface area (Å²) in [6.45, 7) is 8.78. The van der Waals surface area contributed by atoms with E-state index in [1.807, 2.05) is 0 Å². The highest BCUT2D eigenvalue weighted by Gasteiger charge is 1.98. The van der Waals surface area contributed by atoms with Crippen LogP contribution in [0.25, 0.3) is 0 Å². The van der Waals surface area contributed by atoms with Gasteiger partial charge in [-0.25, -0.2) is 0 Å². The first-order chi connectivity index (χ1) is 18.2. The molecule has 0 aromatic carbocycles. The van der Waals surface area contributed by atoms with Crippen molar-refractivity contribution in [2.75, 3.05) is 19.8 Å². The van der Waals surface area contributed by atoms with Gasteiger partial charge >= 0.3 is 0 Å². The van der Waals surface area contributed by atoms with Crippen molar-refractivity contribution in [3.05, 3.63) is 0 Å². The standard InChI is InChI=1S/C24H50O3P.C8H19N/c1-3-5-7-9-11-13-15-17-19-21-23-26-28(25)27-24-22-20-18-16-14-12-10-8-6-4-2;1-2-3-4-5-6-7-8-9/h3-24H2,1-2H3;2-9H2,1H3/q-1;. The Morgan fingerprint density at radius 2 is 0.649 bits per heavy atom. The molecule has 0 heterocycles. The molecule has 226 valence electrons. The van der Waals surface area contributed by atoms with E-state index in [4.69, 9.17) is 14.8 Å². The topological polar surface area (TPSA) is 67.5 Å². The van der Waals surface area contributed by atoms with Gasteiger partial charge in [0.1, 0.15) is 0 Å². The molecule has 0 aromatic heterocycles. The van der Waals surface area contributed by atoms with Gasteiger partial charge in [0.2, 0.25) is 0 Å². The number of hydrogen-bond acceptors (Lipinski definition) is 4. The van der Waals surface area contributed by atoms with E-state index in [2.05, 4.69) is 20.8 Å². The van der Waals surface area contributed by atoms with Crippen LogP contribution >= 0.6 is 8.60 Å². The van der Waals surface area contributed by atoms with Crippen molar-refractivity contribution in [1.82, 2.24) is 0 Å². The molecule has 0 rings (SSSR count). The molecular formula is C32H69NO3P-. The number of unbranched alkanes of at least 4 members (excludes halogenated alkanes) is 23. The molecule has 2 N–H and O–H groups in total. The number of nitrogens with two attached hydrogens (primary N) is 1. The van der Waals surface area contributed by atoms with Crippen LogP contribution < -0.4 is 10.6 Å². The lowest BCUT2D eigenvalue weighted by atomic mass is 10.1. The molecule has 5 heteroatoms. The smallest absolute Gasteiger partial charge is 0.0828 e. The zero-order valence-corrected chi connectivity index (χ0v) is 26.6. The Bertz CT molecular complexity index is 342. The molecule has 0 bridgehead atoms. The molecule has 0 saturated carbocycles. The molecular weight excluding hydrogens is 477 g/mol. The van der Waals surface area contributed by atoms with Crippen LogP contribution in [0.4, 0.5) is 0 Å². The summed E-state index contributed by atoms with van der Waals surface area (Å²) in [5, 5.41) is 0. The van der Waals surface area contributed by atoms with Gasteiger partial charge in [0.05, 0.1) is 21.8 Å². The zero-order chi connectivity index (χ0) is 27.5. The number of rotatable bonds is 30. The minimum atomic E-state index is -1.90. The molecule has 0 radical (unpaired) electrons. The molecule has 0 aliphatic heterocycles. The molecule has 0 saturated heterocycles. The summed E-state index contributed by atoms with van der Waals surface area (Å²) in [6, 6.07) is 0. The molecule has 0 fully saturated rings. The van der Waals surface area contributed by atoms with E-state index >= 15 is 0 Å². The van der Waals surface area contributed by atoms with Crippen LogP contribution in [0.1, 0.15) is 188 Å².